The zero-order valence-electron chi connectivity index (χ0n) is 19.6. The van der Waals surface area contributed by atoms with Crippen LogP contribution in [0.5, 0.6) is 0 Å². The number of benzene rings is 4. The van der Waals surface area contributed by atoms with Gasteiger partial charge in [-0.25, -0.2) is 4.39 Å². The number of amides is 2. The minimum absolute atomic E-state index is 0.207. The zero-order valence-corrected chi connectivity index (χ0v) is 19.6. The highest BCUT2D eigenvalue weighted by Gasteiger charge is 2.39. The first-order valence-corrected chi connectivity index (χ1v) is 11.6. The third-order valence-corrected chi connectivity index (χ3v) is 6.41. The van der Waals surface area contributed by atoms with Crippen LogP contribution in [0.4, 0.5) is 10.1 Å². The molecule has 1 aliphatic rings. The number of fused-ring (bicyclic) bond motifs is 1. The molecule has 5 heteroatoms. The van der Waals surface area contributed by atoms with E-state index in [4.69, 9.17) is 0 Å². The van der Waals surface area contributed by atoms with Crippen molar-refractivity contribution < 1.29 is 14.0 Å². The first-order chi connectivity index (χ1) is 16.9. The lowest BCUT2D eigenvalue weighted by molar-refractivity contribution is -0.136. The Morgan fingerprint density at radius 1 is 0.829 bits per heavy atom. The lowest BCUT2D eigenvalue weighted by Gasteiger charge is -2.16. The summed E-state index contributed by atoms with van der Waals surface area (Å²) in [4.78, 5) is 28.5. The Morgan fingerprint density at radius 3 is 2.34 bits per heavy atom. The highest BCUT2D eigenvalue weighted by molar-refractivity contribution is 6.37. The van der Waals surface area contributed by atoms with Gasteiger partial charge in [-0.15, -0.1) is 0 Å². The molecule has 4 aromatic carbocycles. The van der Waals surface area contributed by atoms with Gasteiger partial charge in [0, 0.05) is 17.6 Å². The maximum absolute atomic E-state index is 13.6. The smallest absolute Gasteiger partial charge is 0.278 e. The van der Waals surface area contributed by atoms with Gasteiger partial charge >= 0.3 is 0 Å². The van der Waals surface area contributed by atoms with Gasteiger partial charge in [-0.05, 0) is 60.5 Å². The first-order valence-electron chi connectivity index (χ1n) is 11.6. The average molecular weight is 465 g/mol. The zero-order chi connectivity index (χ0) is 24.5. The van der Waals surface area contributed by atoms with E-state index in [1.807, 2.05) is 74.5 Å². The van der Waals surface area contributed by atoms with Crippen molar-refractivity contribution in [1.82, 2.24) is 4.90 Å². The number of aryl methyl sites for hydroxylation is 2. The van der Waals surface area contributed by atoms with Crippen molar-refractivity contribution in [3.63, 3.8) is 0 Å². The van der Waals surface area contributed by atoms with Crippen LogP contribution >= 0.6 is 0 Å². The number of hydrogen-bond donors (Lipinski definition) is 1. The molecule has 2 amide bonds. The van der Waals surface area contributed by atoms with Crippen molar-refractivity contribution in [2.45, 2.75) is 20.3 Å². The lowest BCUT2D eigenvalue weighted by Crippen LogP contribution is -2.34. The Hall–Kier alpha value is -4.25. The third kappa shape index (κ3) is 4.33. The number of halogens is 1. The van der Waals surface area contributed by atoms with E-state index in [-0.39, 0.29) is 29.9 Å². The first kappa shape index (κ1) is 22.5. The lowest BCUT2D eigenvalue weighted by atomic mass is 9.97. The SMILES string of the molecule is Cc1ccc(C2=C(Nc3cccc4ccccc34)C(=O)N(CCc3ccc(F)cc3)C2=O)c(C)c1. The molecule has 0 aliphatic carbocycles. The molecule has 5 rings (SSSR count). The van der Waals surface area contributed by atoms with Crippen LogP contribution in [0, 0.1) is 19.7 Å². The molecule has 0 atom stereocenters. The summed E-state index contributed by atoms with van der Waals surface area (Å²) < 4.78 is 13.3. The fourth-order valence-electron chi connectivity index (χ4n) is 4.60. The predicted octanol–water partition coefficient (Wildman–Crippen LogP) is 6.03. The number of nitrogens with one attached hydrogen (secondary N) is 1. The molecule has 35 heavy (non-hydrogen) atoms. The Morgan fingerprint density at radius 2 is 1.57 bits per heavy atom. The van der Waals surface area contributed by atoms with Crippen molar-refractivity contribution >= 4 is 33.8 Å². The molecule has 0 saturated carbocycles. The van der Waals surface area contributed by atoms with Gasteiger partial charge in [0.1, 0.15) is 11.5 Å². The molecule has 0 unspecified atom stereocenters. The number of hydrogen-bond acceptors (Lipinski definition) is 3. The molecule has 0 fully saturated rings. The highest BCUT2D eigenvalue weighted by atomic mass is 19.1. The van der Waals surface area contributed by atoms with Gasteiger partial charge in [0.15, 0.2) is 0 Å². The highest BCUT2D eigenvalue weighted by Crippen LogP contribution is 2.34. The van der Waals surface area contributed by atoms with Crippen LogP contribution in [0.25, 0.3) is 16.3 Å². The number of carbonyl (C=O) groups excluding carboxylic acids is 2. The summed E-state index contributed by atoms with van der Waals surface area (Å²) in [5.74, 6) is -1.01. The van der Waals surface area contributed by atoms with Crippen molar-refractivity contribution in [3.8, 4) is 0 Å². The fraction of sp³-hybridized carbons (Fsp3) is 0.133. The van der Waals surface area contributed by atoms with E-state index >= 15 is 0 Å². The minimum Gasteiger partial charge on any atom is -0.350 e. The molecule has 0 spiro atoms. The predicted molar refractivity (Wildman–Crippen MR) is 137 cm³/mol. The van der Waals surface area contributed by atoms with Gasteiger partial charge in [-0.1, -0.05) is 72.3 Å². The van der Waals surface area contributed by atoms with Gasteiger partial charge < -0.3 is 5.32 Å². The molecular weight excluding hydrogens is 439 g/mol. The van der Waals surface area contributed by atoms with Crippen molar-refractivity contribution in [1.29, 1.82) is 0 Å². The number of anilines is 1. The normalized spacial score (nSPS) is 13.7. The topological polar surface area (TPSA) is 49.4 Å². The second-order valence-corrected chi connectivity index (χ2v) is 8.86. The van der Waals surface area contributed by atoms with Gasteiger partial charge in [0.2, 0.25) is 0 Å². The van der Waals surface area contributed by atoms with Gasteiger partial charge in [-0.3, -0.25) is 14.5 Å². The summed E-state index contributed by atoms with van der Waals surface area (Å²) in [7, 11) is 0. The molecule has 4 aromatic rings. The van der Waals surface area contributed by atoms with Crippen LogP contribution in [0.2, 0.25) is 0 Å². The summed E-state index contributed by atoms with van der Waals surface area (Å²) in [6.45, 7) is 4.15. The van der Waals surface area contributed by atoms with E-state index in [1.165, 1.54) is 17.0 Å². The van der Waals surface area contributed by atoms with Gasteiger partial charge in [-0.2, -0.15) is 0 Å². The Labute approximate surface area is 203 Å². The summed E-state index contributed by atoms with van der Waals surface area (Å²) in [5.41, 5.74) is 5.02. The Bertz CT molecular complexity index is 1480. The molecule has 4 nitrogen and oxygen atoms in total. The molecule has 0 aromatic heterocycles. The largest absolute Gasteiger partial charge is 0.350 e. The van der Waals surface area contributed by atoms with E-state index in [9.17, 15) is 14.0 Å². The van der Waals surface area contributed by atoms with Crippen LogP contribution in [-0.4, -0.2) is 23.3 Å². The Kier molecular flexibility index (Phi) is 5.91. The van der Waals surface area contributed by atoms with E-state index < -0.39 is 0 Å². The van der Waals surface area contributed by atoms with Gasteiger partial charge in [0.25, 0.3) is 11.8 Å². The van der Waals surface area contributed by atoms with Crippen LogP contribution < -0.4 is 5.32 Å². The average Bonchev–Trinajstić information content (AvgIpc) is 3.08. The van der Waals surface area contributed by atoms with Crippen molar-refractivity contribution in [3.05, 3.63) is 119 Å². The van der Waals surface area contributed by atoms with Crippen LogP contribution in [0.15, 0.2) is 90.6 Å². The maximum Gasteiger partial charge on any atom is 0.278 e. The summed E-state index contributed by atoms with van der Waals surface area (Å²) in [6.07, 6.45) is 0.444. The van der Waals surface area contributed by atoms with E-state index in [2.05, 4.69) is 5.32 Å². The van der Waals surface area contributed by atoms with E-state index in [0.717, 1.165) is 38.7 Å². The standard InChI is InChI=1S/C30H25FN2O2/c1-19-10-15-24(20(2)18-19)27-28(32-26-9-5-7-22-6-3-4-8-25(22)26)30(35)33(29(27)34)17-16-21-11-13-23(31)14-12-21/h3-15,18,32H,16-17H2,1-2H3. The summed E-state index contributed by atoms with van der Waals surface area (Å²) in [6, 6.07) is 25.7. The minimum atomic E-state index is -0.361. The van der Waals surface area contributed by atoms with Crippen molar-refractivity contribution in [2.24, 2.45) is 0 Å². The second-order valence-electron chi connectivity index (χ2n) is 8.86. The molecule has 1 N–H and O–H groups in total. The molecule has 1 aliphatic heterocycles. The van der Waals surface area contributed by atoms with Crippen molar-refractivity contribution in [2.75, 3.05) is 11.9 Å². The van der Waals surface area contributed by atoms with Gasteiger partial charge in [0.05, 0.1) is 5.57 Å². The quantitative estimate of drug-likeness (QED) is 0.355. The molecular formula is C30H25FN2O2. The van der Waals surface area contributed by atoms with Crippen LogP contribution in [0.3, 0.4) is 0 Å². The third-order valence-electron chi connectivity index (χ3n) is 6.41. The molecule has 0 bridgehead atoms. The van der Waals surface area contributed by atoms with E-state index in [0.29, 0.717) is 12.0 Å². The number of nitrogens with zero attached hydrogens (tertiary/aromatic N) is 1. The summed E-state index contributed by atoms with van der Waals surface area (Å²) >= 11 is 0. The molecule has 174 valence electrons. The maximum atomic E-state index is 13.6. The number of rotatable bonds is 6. The van der Waals surface area contributed by atoms with Crippen LogP contribution in [0.1, 0.15) is 22.3 Å². The number of carbonyl (C=O) groups is 2. The number of imide groups is 1. The fourth-order valence-corrected chi connectivity index (χ4v) is 4.60. The molecule has 1 heterocycles. The molecule has 0 saturated heterocycles. The van der Waals surface area contributed by atoms with Crippen LogP contribution in [-0.2, 0) is 16.0 Å². The Balaban J connectivity index is 1.55. The van der Waals surface area contributed by atoms with E-state index in [1.54, 1.807) is 12.1 Å². The second kappa shape index (κ2) is 9.18. The molecule has 0 radical (unpaired) electrons. The monoisotopic (exact) mass is 464 g/mol. The summed E-state index contributed by atoms with van der Waals surface area (Å²) in [5, 5.41) is 5.31.